The Hall–Kier alpha value is -2.09. The van der Waals surface area contributed by atoms with E-state index < -0.39 is 21.6 Å². The molecule has 4 rings (SSSR count). The Balaban J connectivity index is 1.89. The summed E-state index contributed by atoms with van der Waals surface area (Å²) < 4.78 is 40.3. The van der Waals surface area contributed by atoms with Gasteiger partial charge in [-0.3, -0.25) is 4.79 Å². The molecule has 29 heavy (non-hydrogen) atoms. The molecule has 5 nitrogen and oxygen atoms in total. The Morgan fingerprint density at radius 2 is 1.69 bits per heavy atom. The quantitative estimate of drug-likeness (QED) is 0.604. The van der Waals surface area contributed by atoms with E-state index in [1.165, 1.54) is 23.2 Å². The standard InChI is InChI=1S/C20H17Cl2FN2O3S/c21-15-6-5-14(11-16(15)22)25-12-19(20(26)24-8-2-1-3-9-24)29(27,28)18-7-4-13(23)10-17(18)25/h4-7,10-12H,1-3,8-9H2. The van der Waals surface area contributed by atoms with Crippen molar-refractivity contribution in [3.05, 3.63) is 63.4 Å². The first-order chi connectivity index (χ1) is 13.8. The third-order valence-electron chi connectivity index (χ3n) is 5.04. The lowest BCUT2D eigenvalue weighted by Gasteiger charge is -2.32. The van der Waals surface area contributed by atoms with Crippen LogP contribution in [0.2, 0.25) is 10.0 Å². The number of amides is 1. The Kier molecular flexibility index (Phi) is 5.31. The van der Waals surface area contributed by atoms with E-state index in [0.29, 0.717) is 23.8 Å². The number of hydrogen-bond donors (Lipinski definition) is 0. The van der Waals surface area contributed by atoms with Crippen molar-refractivity contribution in [2.45, 2.75) is 24.2 Å². The third kappa shape index (κ3) is 3.63. The average Bonchev–Trinajstić information content (AvgIpc) is 2.70. The molecule has 1 fully saturated rings. The van der Waals surface area contributed by atoms with Gasteiger partial charge in [-0.1, -0.05) is 23.2 Å². The second-order valence-corrected chi connectivity index (χ2v) is 9.63. The topological polar surface area (TPSA) is 57.7 Å². The number of piperidine rings is 1. The van der Waals surface area contributed by atoms with Crippen LogP contribution in [0.25, 0.3) is 0 Å². The molecule has 0 spiro atoms. The molecule has 2 aliphatic heterocycles. The zero-order valence-electron chi connectivity index (χ0n) is 15.2. The molecule has 0 unspecified atom stereocenters. The largest absolute Gasteiger partial charge is 0.338 e. The number of hydrogen-bond acceptors (Lipinski definition) is 4. The fourth-order valence-electron chi connectivity index (χ4n) is 3.55. The number of fused-ring (bicyclic) bond motifs is 1. The maximum absolute atomic E-state index is 14.0. The van der Waals surface area contributed by atoms with E-state index in [1.807, 2.05) is 0 Å². The minimum Gasteiger partial charge on any atom is -0.338 e. The van der Waals surface area contributed by atoms with Gasteiger partial charge in [-0.05, 0) is 55.7 Å². The van der Waals surface area contributed by atoms with Gasteiger partial charge in [0.2, 0.25) is 9.84 Å². The van der Waals surface area contributed by atoms with Crippen LogP contribution in [-0.2, 0) is 14.6 Å². The van der Waals surface area contributed by atoms with Gasteiger partial charge in [0.15, 0.2) is 4.91 Å². The van der Waals surface area contributed by atoms with Gasteiger partial charge >= 0.3 is 0 Å². The summed E-state index contributed by atoms with van der Waals surface area (Å²) in [6.45, 7) is 1.02. The van der Waals surface area contributed by atoms with Crippen LogP contribution in [0.1, 0.15) is 19.3 Å². The number of likely N-dealkylation sites (tertiary alicyclic amines) is 1. The summed E-state index contributed by atoms with van der Waals surface area (Å²) in [7, 11) is -4.10. The van der Waals surface area contributed by atoms with Gasteiger partial charge in [0.25, 0.3) is 5.91 Å². The zero-order chi connectivity index (χ0) is 20.8. The molecule has 2 aromatic rings. The van der Waals surface area contributed by atoms with E-state index >= 15 is 0 Å². The van der Waals surface area contributed by atoms with Gasteiger partial charge in [0.1, 0.15) is 5.82 Å². The SMILES string of the molecule is O=C(C1=CN(c2ccc(Cl)c(Cl)c2)c2cc(F)ccc2S1(=O)=O)N1CCCCC1. The minimum atomic E-state index is -4.10. The third-order valence-corrected chi connectivity index (χ3v) is 7.56. The van der Waals surface area contributed by atoms with Crippen molar-refractivity contribution in [3.63, 3.8) is 0 Å². The van der Waals surface area contributed by atoms with E-state index in [9.17, 15) is 17.6 Å². The molecular weight excluding hydrogens is 438 g/mol. The lowest BCUT2D eigenvalue weighted by molar-refractivity contribution is -0.127. The molecule has 2 aromatic carbocycles. The van der Waals surface area contributed by atoms with Gasteiger partial charge in [-0.2, -0.15) is 0 Å². The Morgan fingerprint density at radius 3 is 2.38 bits per heavy atom. The smallest absolute Gasteiger partial charge is 0.267 e. The maximum atomic E-state index is 14.0. The van der Waals surface area contributed by atoms with E-state index in [1.54, 1.807) is 17.0 Å². The van der Waals surface area contributed by atoms with Gasteiger partial charge in [-0.15, -0.1) is 0 Å². The highest BCUT2D eigenvalue weighted by atomic mass is 35.5. The molecule has 0 atom stereocenters. The van der Waals surface area contributed by atoms with Crippen LogP contribution < -0.4 is 4.90 Å². The number of benzene rings is 2. The summed E-state index contributed by atoms with van der Waals surface area (Å²) in [4.78, 5) is 15.6. The summed E-state index contributed by atoms with van der Waals surface area (Å²) in [6, 6.07) is 8.09. The Morgan fingerprint density at radius 1 is 0.966 bits per heavy atom. The summed E-state index contributed by atoms with van der Waals surface area (Å²) in [6.07, 6.45) is 3.91. The summed E-state index contributed by atoms with van der Waals surface area (Å²) in [5.41, 5.74) is 0.573. The van der Waals surface area contributed by atoms with E-state index in [0.717, 1.165) is 31.4 Å². The predicted molar refractivity (Wildman–Crippen MR) is 111 cm³/mol. The fourth-order valence-corrected chi connectivity index (χ4v) is 5.36. The lowest BCUT2D eigenvalue weighted by Crippen LogP contribution is -2.39. The Labute approximate surface area is 178 Å². The van der Waals surface area contributed by atoms with Crippen molar-refractivity contribution in [2.24, 2.45) is 0 Å². The van der Waals surface area contributed by atoms with Crippen molar-refractivity contribution in [1.29, 1.82) is 0 Å². The van der Waals surface area contributed by atoms with Crippen molar-refractivity contribution in [2.75, 3.05) is 18.0 Å². The highest BCUT2D eigenvalue weighted by molar-refractivity contribution is 7.96. The average molecular weight is 455 g/mol. The van der Waals surface area contributed by atoms with Crippen molar-refractivity contribution in [1.82, 2.24) is 4.90 Å². The molecule has 2 aliphatic rings. The molecule has 1 amide bonds. The Bertz CT molecular complexity index is 1130. The number of carbonyl (C=O) groups excluding carboxylic acids is 1. The lowest BCUT2D eigenvalue weighted by atomic mass is 10.1. The first kappa shape index (κ1) is 20.2. The predicted octanol–water partition coefficient (Wildman–Crippen LogP) is 4.91. The van der Waals surface area contributed by atoms with E-state index in [4.69, 9.17) is 23.2 Å². The zero-order valence-corrected chi connectivity index (χ0v) is 17.6. The highest BCUT2D eigenvalue weighted by Crippen LogP contribution is 2.41. The van der Waals surface area contributed by atoms with Crippen molar-refractivity contribution >= 4 is 50.3 Å². The number of nitrogens with zero attached hydrogens (tertiary/aromatic N) is 2. The molecule has 0 N–H and O–H groups in total. The number of halogens is 3. The van der Waals surface area contributed by atoms with Crippen LogP contribution >= 0.6 is 23.2 Å². The van der Waals surface area contributed by atoms with Crippen LogP contribution in [-0.4, -0.2) is 32.3 Å². The first-order valence-electron chi connectivity index (χ1n) is 9.09. The molecule has 0 aliphatic carbocycles. The van der Waals surface area contributed by atoms with Crippen LogP contribution in [0.5, 0.6) is 0 Å². The van der Waals surface area contributed by atoms with Crippen LogP contribution in [0.3, 0.4) is 0 Å². The fraction of sp³-hybridized carbons (Fsp3) is 0.250. The molecule has 152 valence electrons. The molecule has 0 radical (unpaired) electrons. The van der Waals surface area contributed by atoms with Gasteiger partial charge < -0.3 is 9.80 Å². The van der Waals surface area contributed by atoms with Crippen LogP contribution in [0.15, 0.2) is 52.4 Å². The van der Waals surface area contributed by atoms with Crippen LogP contribution in [0.4, 0.5) is 15.8 Å². The number of anilines is 2. The van der Waals surface area contributed by atoms with Gasteiger partial charge in [-0.25, -0.2) is 12.8 Å². The van der Waals surface area contributed by atoms with Gasteiger partial charge in [0.05, 0.1) is 20.6 Å². The molecule has 0 bridgehead atoms. The monoisotopic (exact) mass is 454 g/mol. The highest BCUT2D eigenvalue weighted by Gasteiger charge is 2.38. The summed E-state index contributed by atoms with van der Waals surface area (Å²) in [5.74, 6) is -1.15. The van der Waals surface area contributed by atoms with Gasteiger partial charge in [0, 0.05) is 25.0 Å². The van der Waals surface area contributed by atoms with E-state index in [-0.39, 0.29) is 20.5 Å². The van der Waals surface area contributed by atoms with E-state index in [2.05, 4.69) is 0 Å². The molecule has 0 saturated carbocycles. The van der Waals surface area contributed by atoms with Crippen molar-refractivity contribution in [3.8, 4) is 0 Å². The normalized spacial score (nSPS) is 18.2. The minimum absolute atomic E-state index is 0.110. The second kappa shape index (κ2) is 7.63. The first-order valence-corrected chi connectivity index (χ1v) is 11.3. The summed E-state index contributed by atoms with van der Waals surface area (Å²) in [5, 5.41) is 0.584. The number of sulfone groups is 1. The van der Waals surface area contributed by atoms with Crippen LogP contribution in [0, 0.1) is 5.82 Å². The molecule has 2 heterocycles. The summed E-state index contributed by atoms with van der Waals surface area (Å²) >= 11 is 12.1. The maximum Gasteiger partial charge on any atom is 0.267 e. The molecule has 0 aromatic heterocycles. The number of rotatable bonds is 2. The molecular formula is C20H17Cl2FN2O3S. The second-order valence-electron chi connectivity index (χ2n) is 6.93. The molecule has 9 heteroatoms. The van der Waals surface area contributed by atoms with Crippen molar-refractivity contribution < 1.29 is 17.6 Å². The molecule has 1 saturated heterocycles. The number of carbonyl (C=O) groups is 1.